The molecule has 0 saturated carbocycles. The van der Waals surface area contributed by atoms with Gasteiger partial charge in [0.1, 0.15) is 11.6 Å². The van der Waals surface area contributed by atoms with Crippen LogP contribution in [0.25, 0.3) is 0 Å². The number of rotatable bonds is 7. The molecule has 1 unspecified atom stereocenters. The van der Waals surface area contributed by atoms with Gasteiger partial charge in [-0.1, -0.05) is 55.0 Å². The number of benzene rings is 1. The van der Waals surface area contributed by atoms with Crippen molar-refractivity contribution < 1.29 is 13.9 Å². The number of hydrogen-bond acceptors (Lipinski definition) is 1. The summed E-state index contributed by atoms with van der Waals surface area (Å²) < 4.78 is 27.5. The van der Waals surface area contributed by atoms with Crippen LogP contribution in [0.2, 0.25) is 0 Å². The molecule has 0 bridgehead atoms. The van der Waals surface area contributed by atoms with Crippen LogP contribution >= 0.6 is 15.9 Å². The van der Waals surface area contributed by atoms with Crippen LogP contribution in [0, 0.1) is 11.6 Å². The number of unbranched alkanes of at least 4 members (excludes halogenated alkanes) is 4. The lowest BCUT2D eigenvalue weighted by Crippen LogP contribution is -2.04. The molecule has 4 heteroatoms. The first-order chi connectivity index (χ1) is 8.56. The van der Waals surface area contributed by atoms with Crippen LogP contribution < -0.4 is 0 Å². The van der Waals surface area contributed by atoms with Gasteiger partial charge in [0.25, 0.3) is 0 Å². The Bertz CT molecular complexity index is 359. The summed E-state index contributed by atoms with van der Waals surface area (Å²) >= 11 is 3.02. The molecule has 0 aliphatic heterocycles. The summed E-state index contributed by atoms with van der Waals surface area (Å²) in [6.07, 6.45) is 4.55. The van der Waals surface area contributed by atoms with E-state index in [1.54, 1.807) is 0 Å². The molecule has 102 valence electrons. The molecular formula is C14H19BrF2O. The molecule has 18 heavy (non-hydrogen) atoms. The Balaban J connectivity index is 2.53. The molecule has 0 heterocycles. The maximum atomic E-state index is 13.6. The van der Waals surface area contributed by atoms with Gasteiger partial charge in [0, 0.05) is 4.47 Å². The molecule has 0 radical (unpaired) electrons. The van der Waals surface area contributed by atoms with Crippen molar-refractivity contribution in [3.05, 3.63) is 33.8 Å². The van der Waals surface area contributed by atoms with E-state index in [0.717, 1.165) is 32.1 Å². The monoisotopic (exact) mass is 320 g/mol. The first kappa shape index (κ1) is 15.6. The van der Waals surface area contributed by atoms with E-state index in [1.807, 2.05) is 0 Å². The lowest BCUT2D eigenvalue weighted by molar-refractivity contribution is 0.154. The quantitative estimate of drug-likeness (QED) is 0.691. The van der Waals surface area contributed by atoms with Crippen molar-refractivity contribution in [3.8, 4) is 0 Å². The van der Waals surface area contributed by atoms with E-state index in [2.05, 4.69) is 22.9 Å². The highest BCUT2D eigenvalue weighted by atomic mass is 79.9. The molecule has 1 aromatic carbocycles. The largest absolute Gasteiger partial charge is 0.388 e. The van der Waals surface area contributed by atoms with E-state index in [9.17, 15) is 13.9 Å². The molecule has 0 aliphatic carbocycles. The normalized spacial score (nSPS) is 12.7. The van der Waals surface area contributed by atoms with Crippen molar-refractivity contribution in [1.82, 2.24) is 0 Å². The Kier molecular flexibility index (Phi) is 6.79. The number of hydrogen-bond donors (Lipinski definition) is 1. The fraction of sp³-hybridized carbons (Fsp3) is 0.571. The van der Waals surface area contributed by atoms with Crippen LogP contribution in [0.5, 0.6) is 0 Å². The van der Waals surface area contributed by atoms with Crippen molar-refractivity contribution in [3.63, 3.8) is 0 Å². The van der Waals surface area contributed by atoms with Crippen molar-refractivity contribution in [2.75, 3.05) is 0 Å². The average molecular weight is 321 g/mol. The molecule has 0 aromatic heterocycles. The Labute approximate surface area is 115 Å². The van der Waals surface area contributed by atoms with Gasteiger partial charge in [-0.2, -0.15) is 0 Å². The average Bonchev–Trinajstić information content (AvgIpc) is 2.27. The van der Waals surface area contributed by atoms with Gasteiger partial charge in [-0.25, -0.2) is 8.78 Å². The summed E-state index contributed by atoms with van der Waals surface area (Å²) in [5.74, 6) is -1.38. The number of halogens is 3. The van der Waals surface area contributed by atoms with Crippen molar-refractivity contribution in [1.29, 1.82) is 0 Å². The predicted molar refractivity (Wildman–Crippen MR) is 72.4 cm³/mol. The summed E-state index contributed by atoms with van der Waals surface area (Å²) in [5.41, 5.74) is -0.214. The molecule has 0 spiro atoms. The minimum atomic E-state index is -1.06. The fourth-order valence-corrected chi connectivity index (χ4v) is 2.36. The van der Waals surface area contributed by atoms with Crippen LogP contribution in [0.1, 0.15) is 57.1 Å². The van der Waals surface area contributed by atoms with E-state index in [1.165, 1.54) is 12.1 Å². The van der Waals surface area contributed by atoms with Gasteiger partial charge in [0.15, 0.2) is 0 Å². The van der Waals surface area contributed by atoms with Gasteiger partial charge in [0.05, 0.1) is 11.7 Å². The summed E-state index contributed by atoms with van der Waals surface area (Å²) in [4.78, 5) is 0. The van der Waals surface area contributed by atoms with Crippen molar-refractivity contribution in [2.24, 2.45) is 0 Å². The second-order valence-corrected chi connectivity index (χ2v) is 5.42. The molecule has 1 nitrogen and oxygen atoms in total. The van der Waals surface area contributed by atoms with Gasteiger partial charge in [-0.15, -0.1) is 0 Å². The molecule has 0 fully saturated rings. The second-order valence-electron chi connectivity index (χ2n) is 4.50. The number of aliphatic hydroxyl groups excluding tert-OH is 1. The first-order valence-electron chi connectivity index (χ1n) is 6.38. The lowest BCUT2D eigenvalue weighted by atomic mass is 10.0. The molecular weight excluding hydrogens is 302 g/mol. The topological polar surface area (TPSA) is 20.2 Å². The van der Waals surface area contributed by atoms with Gasteiger partial charge >= 0.3 is 0 Å². The number of aliphatic hydroxyl groups is 1. The lowest BCUT2D eigenvalue weighted by Gasteiger charge is -2.13. The fourth-order valence-electron chi connectivity index (χ4n) is 1.96. The van der Waals surface area contributed by atoms with Crippen LogP contribution in [-0.2, 0) is 0 Å². The summed E-state index contributed by atoms with van der Waals surface area (Å²) in [7, 11) is 0. The Morgan fingerprint density at radius 3 is 2.22 bits per heavy atom. The van der Waals surface area contributed by atoms with Gasteiger partial charge in [-0.05, 0) is 18.6 Å². The smallest absolute Gasteiger partial charge is 0.133 e. The molecule has 1 aromatic rings. The van der Waals surface area contributed by atoms with Gasteiger partial charge in [-0.3, -0.25) is 0 Å². The third kappa shape index (κ3) is 4.65. The predicted octanol–water partition coefficient (Wildman–Crippen LogP) is 5.12. The van der Waals surface area contributed by atoms with E-state index in [-0.39, 0.29) is 5.56 Å². The Morgan fingerprint density at radius 1 is 1.11 bits per heavy atom. The van der Waals surface area contributed by atoms with Crippen LogP contribution in [0.4, 0.5) is 8.78 Å². The van der Waals surface area contributed by atoms with Crippen LogP contribution in [-0.4, -0.2) is 5.11 Å². The molecule has 1 rings (SSSR count). The third-order valence-electron chi connectivity index (χ3n) is 2.96. The van der Waals surface area contributed by atoms with Gasteiger partial charge < -0.3 is 5.11 Å². The van der Waals surface area contributed by atoms with E-state index in [0.29, 0.717) is 10.9 Å². The minimum absolute atomic E-state index is 0.214. The van der Waals surface area contributed by atoms with Crippen molar-refractivity contribution >= 4 is 15.9 Å². The van der Waals surface area contributed by atoms with Crippen LogP contribution in [0.15, 0.2) is 16.6 Å². The zero-order valence-corrected chi connectivity index (χ0v) is 12.1. The Hall–Kier alpha value is -0.480. The highest BCUT2D eigenvalue weighted by Gasteiger charge is 2.18. The molecule has 0 amide bonds. The Morgan fingerprint density at radius 2 is 1.67 bits per heavy atom. The van der Waals surface area contributed by atoms with Gasteiger partial charge in [0.2, 0.25) is 0 Å². The summed E-state index contributed by atoms with van der Waals surface area (Å²) in [5, 5.41) is 9.83. The van der Waals surface area contributed by atoms with Crippen molar-refractivity contribution in [2.45, 2.75) is 51.6 Å². The van der Waals surface area contributed by atoms with E-state index >= 15 is 0 Å². The maximum Gasteiger partial charge on any atom is 0.133 e. The molecule has 0 saturated heterocycles. The standard InChI is InChI=1S/C14H19BrF2O/c1-2-3-4-5-6-7-13(18)14-11(16)8-10(15)9-12(14)17/h8-9,13,18H,2-7H2,1H3. The highest BCUT2D eigenvalue weighted by molar-refractivity contribution is 9.10. The molecule has 0 aliphatic rings. The molecule has 1 N–H and O–H groups in total. The minimum Gasteiger partial charge on any atom is -0.388 e. The summed E-state index contributed by atoms with van der Waals surface area (Å²) in [6.45, 7) is 2.13. The molecule has 1 atom stereocenters. The maximum absolute atomic E-state index is 13.6. The van der Waals surface area contributed by atoms with Crippen LogP contribution in [0.3, 0.4) is 0 Å². The zero-order valence-electron chi connectivity index (χ0n) is 10.6. The zero-order chi connectivity index (χ0) is 13.5. The van der Waals surface area contributed by atoms with E-state index < -0.39 is 17.7 Å². The van der Waals surface area contributed by atoms with E-state index in [4.69, 9.17) is 0 Å². The first-order valence-corrected chi connectivity index (χ1v) is 7.18. The third-order valence-corrected chi connectivity index (χ3v) is 3.42. The summed E-state index contributed by atoms with van der Waals surface area (Å²) in [6, 6.07) is 2.36. The second kappa shape index (κ2) is 7.85. The SMILES string of the molecule is CCCCCCCC(O)c1c(F)cc(Br)cc1F. The highest BCUT2D eigenvalue weighted by Crippen LogP contribution is 2.28.